The lowest BCUT2D eigenvalue weighted by Crippen LogP contribution is -2.08. The molecule has 2 rings (SSSR count). The highest BCUT2D eigenvalue weighted by molar-refractivity contribution is 5.31. The summed E-state index contributed by atoms with van der Waals surface area (Å²) < 4.78 is 0. The van der Waals surface area contributed by atoms with Gasteiger partial charge in [0.2, 0.25) is 5.95 Å². The van der Waals surface area contributed by atoms with Crippen LogP contribution in [0.2, 0.25) is 0 Å². The Morgan fingerprint density at radius 1 is 1.32 bits per heavy atom. The second-order valence-corrected chi connectivity index (χ2v) is 4.19. The highest BCUT2D eigenvalue weighted by Crippen LogP contribution is 2.09. The van der Waals surface area contributed by atoms with Crippen molar-refractivity contribution in [3.63, 3.8) is 0 Å². The van der Waals surface area contributed by atoms with Crippen molar-refractivity contribution in [1.29, 1.82) is 0 Å². The van der Waals surface area contributed by atoms with E-state index >= 15 is 0 Å². The van der Waals surface area contributed by atoms with Gasteiger partial charge in [-0.05, 0) is 18.9 Å². The zero-order valence-corrected chi connectivity index (χ0v) is 10.5. The first-order chi connectivity index (χ1) is 9.15. The van der Waals surface area contributed by atoms with E-state index in [9.17, 15) is 10.1 Å². The fraction of sp³-hybridized carbons (Fsp3) is 0.231. The molecule has 6 nitrogen and oxygen atoms in total. The van der Waals surface area contributed by atoms with Crippen LogP contribution >= 0.6 is 0 Å². The van der Waals surface area contributed by atoms with Crippen molar-refractivity contribution < 1.29 is 4.92 Å². The molecule has 1 aromatic heterocycles. The highest BCUT2D eigenvalue weighted by atomic mass is 16.6. The van der Waals surface area contributed by atoms with Gasteiger partial charge in [0.15, 0.2) is 0 Å². The summed E-state index contributed by atoms with van der Waals surface area (Å²) in [6.45, 7) is 2.73. The summed E-state index contributed by atoms with van der Waals surface area (Å²) in [5.41, 5.74) is 2.35. The SMILES string of the molecule is Cc1cccc(CCNc2ncc([N+](=O)[O-])cn2)c1. The van der Waals surface area contributed by atoms with Gasteiger partial charge in [0.1, 0.15) is 12.4 Å². The number of anilines is 1. The Bertz CT molecular complexity index is 569. The van der Waals surface area contributed by atoms with Crippen molar-refractivity contribution in [2.45, 2.75) is 13.3 Å². The minimum Gasteiger partial charge on any atom is -0.354 e. The van der Waals surface area contributed by atoms with Gasteiger partial charge in [-0.1, -0.05) is 29.8 Å². The lowest BCUT2D eigenvalue weighted by atomic mass is 10.1. The monoisotopic (exact) mass is 258 g/mol. The van der Waals surface area contributed by atoms with E-state index in [0.717, 1.165) is 6.42 Å². The normalized spacial score (nSPS) is 10.2. The smallest absolute Gasteiger partial charge is 0.305 e. The molecule has 1 heterocycles. The summed E-state index contributed by atoms with van der Waals surface area (Å²) in [7, 11) is 0. The molecule has 19 heavy (non-hydrogen) atoms. The zero-order chi connectivity index (χ0) is 13.7. The van der Waals surface area contributed by atoms with E-state index < -0.39 is 4.92 Å². The lowest BCUT2D eigenvalue weighted by Gasteiger charge is -2.05. The van der Waals surface area contributed by atoms with Crippen LogP contribution in [0, 0.1) is 17.0 Å². The summed E-state index contributed by atoms with van der Waals surface area (Å²) in [6, 6.07) is 8.26. The summed E-state index contributed by atoms with van der Waals surface area (Å²) >= 11 is 0. The number of nitro groups is 1. The number of nitrogens with zero attached hydrogens (tertiary/aromatic N) is 3. The fourth-order valence-electron chi connectivity index (χ4n) is 1.69. The Morgan fingerprint density at radius 3 is 2.68 bits per heavy atom. The Labute approximate surface area is 110 Å². The average molecular weight is 258 g/mol. The zero-order valence-electron chi connectivity index (χ0n) is 10.5. The Morgan fingerprint density at radius 2 is 2.05 bits per heavy atom. The molecule has 6 heteroatoms. The van der Waals surface area contributed by atoms with Crippen LogP contribution in [0.4, 0.5) is 11.6 Å². The predicted molar refractivity (Wildman–Crippen MR) is 72.1 cm³/mol. The van der Waals surface area contributed by atoms with E-state index in [1.54, 1.807) is 0 Å². The van der Waals surface area contributed by atoms with Crippen molar-refractivity contribution in [3.05, 3.63) is 57.9 Å². The molecule has 0 atom stereocenters. The molecule has 0 spiro atoms. The van der Waals surface area contributed by atoms with Gasteiger partial charge >= 0.3 is 5.69 Å². The first kappa shape index (κ1) is 12.9. The molecule has 1 aromatic carbocycles. The quantitative estimate of drug-likeness (QED) is 0.657. The van der Waals surface area contributed by atoms with E-state index in [4.69, 9.17) is 0 Å². The number of nitrogens with one attached hydrogen (secondary N) is 1. The first-order valence-corrected chi connectivity index (χ1v) is 5.91. The van der Waals surface area contributed by atoms with Crippen LogP contribution in [-0.2, 0) is 6.42 Å². The Balaban J connectivity index is 1.87. The van der Waals surface area contributed by atoms with Crippen molar-refractivity contribution >= 4 is 11.6 Å². The van der Waals surface area contributed by atoms with Gasteiger partial charge in [0.05, 0.1) is 4.92 Å². The van der Waals surface area contributed by atoms with Gasteiger partial charge in [0.25, 0.3) is 0 Å². The number of rotatable bonds is 5. The van der Waals surface area contributed by atoms with Crippen LogP contribution in [0.3, 0.4) is 0 Å². The standard InChI is InChI=1S/C13H14N4O2/c1-10-3-2-4-11(7-10)5-6-14-13-15-8-12(9-16-13)17(18)19/h2-4,7-9H,5-6H2,1H3,(H,14,15,16). The first-order valence-electron chi connectivity index (χ1n) is 5.91. The molecule has 0 aliphatic heterocycles. The van der Waals surface area contributed by atoms with Crippen molar-refractivity contribution in [1.82, 2.24) is 9.97 Å². The number of benzene rings is 1. The lowest BCUT2D eigenvalue weighted by molar-refractivity contribution is -0.385. The molecule has 2 aromatic rings. The summed E-state index contributed by atoms with van der Waals surface area (Å²) in [5, 5.41) is 13.5. The second-order valence-electron chi connectivity index (χ2n) is 4.19. The maximum atomic E-state index is 10.4. The average Bonchev–Trinajstić information content (AvgIpc) is 2.39. The third-order valence-electron chi connectivity index (χ3n) is 2.63. The molecule has 0 aliphatic carbocycles. The van der Waals surface area contributed by atoms with Crippen LogP contribution in [0.1, 0.15) is 11.1 Å². The van der Waals surface area contributed by atoms with Crippen LogP contribution in [0.15, 0.2) is 36.7 Å². The minimum atomic E-state index is -0.517. The van der Waals surface area contributed by atoms with Crippen molar-refractivity contribution in [3.8, 4) is 0 Å². The van der Waals surface area contributed by atoms with Gasteiger partial charge in [-0.15, -0.1) is 0 Å². The molecule has 0 saturated heterocycles. The van der Waals surface area contributed by atoms with Crippen LogP contribution in [0.25, 0.3) is 0 Å². The summed E-state index contributed by atoms with van der Waals surface area (Å²) in [6.07, 6.45) is 3.24. The molecule has 0 saturated carbocycles. The van der Waals surface area contributed by atoms with Gasteiger partial charge in [-0.3, -0.25) is 10.1 Å². The number of hydrogen-bond acceptors (Lipinski definition) is 5. The van der Waals surface area contributed by atoms with Crippen molar-refractivity contribution in [2.24, 2.45) is 0 Å². The minimum absolute atomic E-state index is 0.107. The predicted octanol–water partition coefficient (Wildman–Crippen LogP) is 2.35. The third-order valence-corrected chi connectivity index (χ3v) is 2.63. The van der Waals surface area contributed by atoms with Crippen LogP contribution < -0.4 is 5.32 Å². The maximum Gasteiger partial charge on any atom is 0.305 e. The van der Waals surface area contributed by atoms with Gasteiger partial charge < -0.3 is 5.32 Å². The molecule has 1 N–H and O–H groups in total. The number of aromatic nitrogens is 2. The molecular weight excluding hydrogens is 244 g/mol. The third kappa shape index (κ3) is 3.74. The fourth-order valence-corrected chi connectivity index (χ4v) is 1.69. The van der Waals surface area contributed by atoms with E-state index in [0.29, 0.717) is 12.5 Å². The molecular formula is C13H14N4O2. The molecule has 0 amide bonds. The van der Waals surface area contributed by atoms with Gasteiger partial charge in [-0.2, -0.15) is 0 Å². The van der Waals surface area contributed by atoms with Crippen molar-refractivity contribution in [2.75, 3.05) is 11.9 Å². The molecule has 0 bridgehead atoms. The second kappa shape index (κ2) is 5.90. The largest absolute Gasteiger partial charge is 0.354 e. The van der Waals surface area contributed by atoms with Crippen LogP contribution in [-0.4, -0.2) is 21.4 Å². The van der Waals surface area contributed by atoms with E-state index in [1.165, 1.54) is 23.5 Å². The van der Waals surface area contributed by atoms with E-state index in [1.807, 2.05) is 6.07 Å². The summed E-state index contributed by atoms with van der Waals surface area (Å²) in [5.74, 6) is 0.401. The molecule has 0 fully saturated rings. The van der Waals surface area contributed by atoms with E-state index in [2.05, 4.69) is 40.4 Å². The Kier molecular flexibility index (Phi) is 4.02. The van der Waals surface area contributed by atoms with Crippen LogP contribution in [0.5, 0.6) is 0 Å². The Hall–Kier alpha value is -2.50. The van der Waals surface area contributed by atoms with E-state index in [-0.39, 0.29) is 5.69 Å². The molecule has 0 radical (unpaired) electrons. The molecule has 0 aliphatic rings. The van der Waals surface area contributed by atoms with Gasteiger partial charge in [0, 0.05) is 6.54 Å². The molecule has 98 valence electrons. The molecule has 0 unspecified atom stereocenters. The topological polar surface area (TPSA) is 81.0 Å². The van der Waals surface area contributed by atoms with Gasteiger partial charge in [-0.25, -0.2) is 9.97 Å². The number of hydrogen-bond donors (Lipinski definition) is 1. The number of aryl methyl sites for hydroxylation is 1. The maximum absolute atomic E-state index is 10.4. The highest BCUT2D eigenvalue weighted by Gasteiger charge is 2.05. The summed E-state index contributed by atoms with van der Waals surface area (Å²) in [4.78, 5) is 17.7.